The number of nitrogens with two attached hydrogens (primary N) is 1. The largest absolute Gasteiger partial charge is 0.341 e. The van der Waals surface area contributed by atoms with E-state index in [1.807, 2.05) is 18.4 Å². The van der Waals surface area contributed by atoms with Crippen molar-refractivity contribution in [3.05, 3.63) is 32.5 Å². The Hall–Kier alpha value is -2.35. The summed E-state index contributed by atoms with van der Waals surface area (Å²) in [5.74, 6) is 0.709. The van der Waals surface area contributed by atoms with Gasteiger partial charge in [-0.15, -0.1) is 0 Å². The Bertz CT molecular complexity index is 945. The fraction of sp³-hybridized carbons (Fsp3) is 0.588. The Balaban J connectivity index is 2.28. The molecule has 0 aromatic carbocycles. The summed E-state index contributed by atoms with van der Waals surface area (Å²) >= 11 is 0. The molecule has 1 fully saturated rings. The summed E-state index contributed by atoms with van der Waals surface area (Å²) in [6, 6.07) is 0.0946. The Morgan fingerprint density at radius 2 is 2.00 bits per heavy atom. The van der Waals surface area contributed by atoms with Gasteiger partial charge in [-0.2, -0.15) is 4.98 Å². The van der Waals surface area contributed by atoms with Crippen LogP contribution in [0.5, 0.6) is 0 Å². The summed E-state index contributed by atoms with van der Waals surface area (Å²) in [4.78, 5) is 31.8. The predicted molar refractivity (Wildman–Crippen MR) is 99.1 cm³/mol. The predicted octanol–water partition coefficient (Wildman–Crippen LogP) is 0.327. The number of aromatic nitrogens is 4. The molecular formula is C17H26N6O2. The van der Waals surface area contributed by atoms with E-state index in [1.54, 1.807) is 7.05 Å². The summed E-state index contributed by atoms with van der Waals surface area (Å²) < 4.78 is 4.47. The second-order valence-electron chi connectivity index (χ2n) is 7.03. The van der Waals surface area contributed by atoms with Gasteiger partial charge in [-0.25, -0.2) is 4.79 Å². The maximum absolute atomic E-state index is 12.8. The lowest BCUT2D eigenvalue weighted by Gasteiger charge is -2.31. The molecule has 25 heavy (non-hydrogen) atoms. The highest BCUT2D eigenvalue weighted by Gasteiger charge is 2.25. The topological polar surface area (TPSA) is 91.1 Å². The molecule has 0 radical (unpaired) electrons. The van der Waals surface area contributed by atoms with Gasteiger partial charge in [0.15, 0.2) is 11.2 Å². The van der Waals surface area contributed by atoms with Crippen molar-refractivity contribution in [2.45, 2.75) is 39.3 Å². The van der Waals surface area contributed by atoms with Crippen molar-refractivity contribution in [1.82, 2.24) is 18.7 Å². The van der Waals surface area contributed by atoms with Crippen molar-refractivity contribution >= 4 is 17.1 Å². The van der Waals surface area contributed by atoms with E-state index < -0.39 is 0 Å². The molecule has 1 unspecified atom stereocenters. The number of imidazole rings is 1. The fourth-order valence-electron chi connectivity index (χ4n) is 3.31. The third kappa shape index (κ3) is 3.02. The number of hydrogen-bond acceptors (Lipinski definition) is 5. The third-order valence-electron chi connectivity index (χ3n) is 4.75. The van der Waals surface area contributed by atoms with E-state index in [2.05, 4.69) is 16.0 Å². The molecule has 0 aliphatic carbocycles. The van der Waals surface area contributed by atoms with Crippen LogP contribution in [-0.2, 0) is 20.6 Å². The first-order valence-electron chi connectivity index (χ1n) is 8.61. The normalized spacial score (nSPS) is 18.0. The SMILES string of the molecule is CC(C)=CCn1c(N2CCCC(N)C2)nc2c1c(=O)n(C)c(=O)n2C. The fourth-order valence-corrected chi connectivity index (χ4v) is 3.31. The Morgan fingerprint density at radius 1 is 1.28 bits per heavy atom. The van der Waals surface area contributed by atoms with Gasteiger partial charge in [0.1, 0.15) is 0 Å². The van der Waals surface area contributed by atoms with Crippen LogP contribution in [0.2, 0.25) is 0 Å². The number of hydrogen-bond donors (Lipinski definition) is 1. The minimum Gasteiger partial charge on any atom is -0.341 e. The summed E-state index contributed by atoms with van der Waals surface area (Å²) in [6.45, 7) is 6.12. The average Bonchev–Trinajstić information content (AvgIpc) is 2.96. The van der Waals surface area contributed by atoms with E-state index >= 15 is 0 Å². The Kier molecular flexibility index (Phi) is 4.55. The maximum Gasteiger partial charge on any atom is 0.332 e. The van der Waals surface area contributed by atoms with Crippen LogP contribution in [0.4, 0.5) is 5.95 Å². The first-order valence-corrected chi connectivity index (χ1v) is 8.61. The van der Waals surface area contributed by atoms with Gasteiger partial charge >= 0.3 is 5.69 Å². The van der Waals surface area contributed by atoms with Crippen LogP contribution in [0.1, 0.15) is 26.7 Å². The smallest absolute Gasteiger partial charge is 0.332 e. The number of nitrogens with zero attached hydrogens (tertiary/aromatic N) is 5. The van der Waals surface area contributed by atoms with Gasteiger partial charge in [-0.1, -0.05) is 11.6 Å². The van der Waals surface area contributed by atoms with Gasteiger partial charge in [0.05, 0.1) is 0 Å². The number of piperidine rings is 1. The minimum atomic E-state index is -0.369. The quantitative estimate of drug-likeness (QED) is 0.809. The van der Waals surface area contributed by atoms with Crippen molar-refractivity contribution in [3.63, 3.8) is 0 Å². The summed E-state index contributed by atoms with van der Waals surface area (Å²) in [5.41, 5.74) is 7.47. The summed E-state index contributed by atoms with van der Waals surface area (Å²) in [7, 11) is 3.15. The number of allylic oxidation sites excluding steroid dienone is 2. The monoisotopic (exact) mass is 346 g/mol. The van der Waals surface area contributed by atoms with Gasteiger partial charge in [0.2, 0.25) is 5.95 Å². The molecule has 8 nitrogen and oxygen atoms in total. The molecule has 1 aliphatic heterocycles. The number of anilines is 1. The molecule has 0 saturated carbocycles. The van der Waals surface area contributed by atoms with Crippen LogP contribution < -0.4 is 21.9 Å². The van der Waals surface area contributed by atoms with Crippen LogP contribution in [0.25, 0.3) is 11.2 Å². The second kappa shape index (κ2) is 6.51. The van der Waals surface area contributed by atoms with E-state index in [0.717, 1.165) is 29.5 Å². The molecule has 3 heterocycles. The lowest BCUT2D eigenvalue weighted by Crippen LogP contribution is -2.44. The molecule has 8 heteroatoms. The molecule has 1 saturated heterocycles. The summed E-state index contributed by atoms with van der Waals surface area (Å²) in [6.07, 6.45) is 4.04. The first kappa shape index (κ1) is 17.5. The Labute approximate surface area is 146 Å². The Morgan fingerprint density at radius 3 is 2.64 bits per heavy atom. The van der Waals surface area contributed by atoms with E-state index in [9.17, 15) is 9.59 Å². The zero-order chi connectivity index (χ0) is 18.3. The van der Waals surface area contributed by atoms with Crippen molar-refractivity contribution in [3.8, 4) is 0 Å². The number of fused-ring (bicyclic) bond motifs is 1. The van der Waals surface area contributed by atoms with Crippen LogP contribution >= 0.6 is 0 Å². The highest BCUT2D eigenvalue weighted by molar-refractivity contribution is 5.74. The highest BCUT2D eigenvalue weighted by atomic mass is 16.2. The molecule has 2 aromatic rings. The average molecular weight is 346 g/mol. The van der Waals surface area contributed by atoms with Crippen molar-refractivity contribution in [1.29, 1.82) is 0 Å². The first-order chi connectivity index (χ1) is 11.8. The van der Waals surface area contributed by atoms with Crippen LogP contribution in [0.15, 0.2) is 21.2 Å². The molecule has 3 rings (SSSR count). The maximum atomic E-state index is 12.8. The van der Waals surface area contributed by atoms with Crippen molar-refractivity contribution in [2.75, 3.05) is 18.0 Å². The lowest BCUT2D eigenvalue weighted by atomic mass is 10.1. The molecule has 0 bridgehead atoms. The lowest BCUT2D eigenvalue weighted by molar-refractivity contribution is 0.495. The molecule has 1 aliphatic rings. The number of aryl methyl sites for hydroxylation is 1. The molecule has 2 aromatic heterocycles. The second-order valence-corrected chi connectivity index (χ2v) is 7.03. The molecule has 1 atom stereocenters. The third-order valence-corrected chi connectivity index (χ3v) is 4.75. The van der Waals surface area contributed by atoms with Gasteiger partial charge in [-0.05, 0) is 26.7 Å². The van der Waals surface area contributed by atoms with Gasteiger partial charge < -0.3 is 15.2 Å². The molecule has 0 amide bonds. The standard InChI is InChI=1S/C17H26N6O2/c1-11(2)7-9-23-13-14(20(3)17(25)21(4)15(13)24)19-16(23)22-8-5-6-12(18)10-22/h7,12H,5-6,8-10,18H2,1-4H3. The summed E-state index contributed by atoms with van der Waals surface area (Å²) in [5, 5.41) is 0. The van der Waals surface area contributed by atoms with Gasteiger partial charge in [-0.3, -0.25) is 13.9 Å². The van der Waals surface area contributed by atoms with E-state index in [-0.39, 0.29) is 17.3 Å². The van der Waals surface area contributed by atoms with Gasteiger partial charge in [0.25, 0.3) is 5.56 Å². The van der Waals surface area contributed by atoms with Crippen LogP contribution in [-0.4, -0.2) is 37.8 Å². The van der Waals surface area contributed by atoms with E-state index in [1.165, 1.54) is 11.6 Å². The number of rotatable bonds is 3. The molecule has 136 valence electrons. The van der Waals surface area contributed by atoms with Gasteiger partial charge in [0, 0.05) is 39.8 Å². The van der Waals surface area contributed by atoms with E-state index in [4.69, 9.17) is 5.73 Å². The van der Waals surface area contributed by atoms with Crippen molar-refractivity contribution < 1.29 is 0 Å². The minimum absolute atomic E-state index is 0.0946. The molecule has 2 N–H and O–H groups in total. The zero-order valence-corrected chi connectivity index (χ0v) is 15.3. The molecule has 0 spiro atoms. The highest BCUT2D eigenvalue weighted by Crippen LogP contribution is 2.23. The zero-order valence-electron chi connectivity index (χ0n) is 15.3. The van der Waals surface area contributed by atoms with Crippen molar-refractivity contribution in [2.24, 2.45) is 19.8 Å². The molecular weight excluding hydrogens is 320 g/mol. The van der Waals surface area contributed by atoms with Crippen LogP contribution in [0.3, 0.4) is 0 Å². The van der Waals surface area contributed by atoms with E-state index in [0.29, 0.717) is 30.2 Å². The van der Waals surface area contributed by atoms with Crippen LogP contribution in [0, 0.1) is 0 Å².